The first-order valence-corrected chi connectivity index (χ1v) is 7.99. The van der Waals surface area contributed by atoms with Gasteiger partial charge in [0, 0.05) is 5.69 Å². The second kappa shape index (κ2) is 7.00. The number of hydrogen-bond donors (Lipinski definition) is 2. The molecule has 2 aromatic rings. The molecule has 0 radical (unpaired) electrons. The maximum absolute atomic E-state index is 12.3. The Kier molecular flexibility index (Phi) is 5.26. The van der Waals surface area contributed by atoms with E-state index in [2.05, 4.69) is 24.3 Å². The first-order chi connectivity index (χ1) is 10.9. The Morgan fingerprint density at radius 2 is 2.17 bits per heavy atom. The van der Waals surface area contributed by atoms with Crippen molar-refractivity contribution in [3.63, 3.8) is 0 Å². The number of furan rings is 1. The summed E-state index contributed by atoms with van der Waals surface area (Å²) in [4.78, 5) is 12.3. The molecule has 0 saturated heterocycles. The Bertz CT molecular complexity index is 640. The van der Waals surface area contributed by atoms with E-state index in [9.17, 15) is 9.90 Å². The lowest BCUT2D eigenvalue weighted by Crippen LogP contribution is -2.38. The number of hydrogen-bond acceptors (Lipinski definition) is 4. The van der Waals surface area contributed by atoms with E-state index in [1.54, 1.807) is 25.1 Å². The molecule has 126 valence electrons. The summed E-state index contributed by atoms with van der Waals surface area (Å²) in [7, 11) is 0. The number of nitrogens with zero attached hydrogens (tertiary/aromatic N) is 2. The lowest BCUT2D eigenvalue weighted by atomic mass is 10.0. The summed E-state index contributed by atoms with van der Waals surface area (Å²) < 4.78 is 7.10. The fourth-order valence-corrected chi connectivity index (χ4v) is 2.62. The van der Waals surface area contributed by atoms with E-state index in [4.69, 9.17) is 4.42 Å². The quantitative estimate of drug-likeness (QED) is 0.822. The van der Waals surface area contributed by atoms with Gasteiger partial charge in [-0.05, 0) is 44.9 Å². The molecule has 0 saturated carbocycles. The van der Waals surface area contributed by atoms with Crippen LogP contribution in [0.1, 0.15) is 61.6 Å². The fourth-order valence-electron chi connectivity index (χ4n) is 2.62. The van der Waals surface area contributed by atoms with Crippen molar-refractivity contribution in [2.45, 2.75) is 52.2 Å². The number of carbonyl (C=O) groups is 1. The summed E-state index contributed by atoms with van der Waals surface area (Å²) in [6.45, 7) is 7.81. The van der Waals surface area contributed by atoms with Crippen LogP contribution in [-0.2, 0) is 5.60 Å². The zero-order valence-electron chi connectivity index (χ0n) is 14.2. The Hall–Kier alpha value is -2.08. The van der Waals surface area contributed by atoms with Crippen molar-refractivity contribution < 1.29 is 14.3 Å². The van der Waals surface area contributed by atoms with Crippen LogP contribution in [0.4, 0.5) is 0 Å². The van der Waals surface area contributed by atoms with Crippen molar-refractivity contribution in [2.24, 2.45) is 0 Å². The Balaban J connectivity index is 2.05. The highest BCUT2D eigenvalue weighted by Crippen LogP contribution is 2.20. The predicted octanol–water partition coefficient (Wildman–Crippen LogP) is 2.78. The van der Waals surface area contributed by atoms with Crippen molar-refractivity contribution in [1.29, 1.82) is 0 Å². The molecular weight excluding hydrogens is 294 g/mol. The van der Waals surface area contributed by atoms with E-state index < -0.39 is 5.60 Å². The van der Waals surface area contributed by atoms with Gasteiger partial charge < -0.3 is 14.8 Å². The molecule has 2 N–H and O–H groups in total. The molecule has 0 aliphatic rings. The molecule has 0 spiro atoms. The van der Waals surface area contributed by atoms with Gasteiger partial charge in [-0.3, -0.25) is 9.48 Å². The molecule has 1 amide bonds. The number of amides is 1. The van der Waals surface area contributed by atoms with E-state index in [1.807, 2.05) is 11.6 Å². The molecule has 0 aliphatic heterocycles. The average Bonchev–Trinajstić information content (AvgIpc) is 3.17. The maximum Gasteiger partial charge on any atom is 0.271 e. The molecule has 2 rings (SSSR count). The molecule has 1 unspecified atom stereocenters. The van der Waals surface area contributed by atoms with Gasteiger partial charge >= 0.3 is 0 Å². The highest BCUT2D eigenvalue weighted by Gasteiger charge is 2.27. The van der Waals surface area contributed by atoms with Gasteiger partial charge in [0.15, 0.2) is 0 Å². The molecule has 6 heteroatoms. The SMILES string of the molecule is CCC(CC)n1nc(C(=O)NCC(C)(O)c2ccco2)cc1C. The highest BCUT2D eigenvalue weighted by atomic mass is 16.4. The van der Waals surface area contributed by atoms with Crippen LogP contribution in [0.15, 0.2) is 28.9 Å². The van der Waals surface area contributed by atoms with Crippen LogP contribution in [0.3, 0.4) is 0 Å². The summed E-state index contributed by atoms with van der Waals surface area (Å²) in [5.41, 5.74) is 0.0675. The molecule has 0 aromatic carbocycles. The Morgan fingerprint density at radius 3 is 2.74 bits per heavy atom. The van der Waals surface area contributed by atoms with Crippen LogP contribution in [0.5, 0.6) is 0 Å². The summed E-state index contributed by atoms with van der Waals surface area (Å²) in [5, 5.41) is 17.5. The van der Waals surface area contributed by atoms with Gasteiger partial charge in [-0.2, -0.15) is 5.10 Å². The van der Waals surface area contributed by atoms with E-state index in [0.29, 0.717) is 17.5 Å². The molecule has 1 atom stereocenters. The molecular formula is C17H25N3O3. The third-order valence-electron chi connectivity index (χ3n) is 4.09. The number of aliphatic hydroxyl groups is 1. The first kappa shape index (κ1) is 17.3. The lowest BCUT2D eigenvalue weighted by molar-refractivity contribution is 0.0329. The van der Waals surface area contributed by atoms with Crippen molar-refractivity contribution in [3.8, 4) is 0 Å². The summed E-state index contributed by atoms with van der Waals surface area (Å²) in [6.07, 6.45) is 3.42. The van der Waals surface area contributed by atoms with Gasteiger partial charge in [-0.25, -0.2) is 0 Å². The van der Waals surface area contributed by atoms with E-state index >= 15 is 0 Å². The van der Waals surface area contributed by atoms with Gasteiger partial charge in [0.1, 0.15) is 17.1 Å². The number of nitrogens with one attached hydrogen (secondary N) is 1. The summed E-state index contributed by atoms with van der Waals surface area (Å²) in [5.74, 6) is 0.112. The van der Waals surface area contributed by atoms with Crippen LogP contribution < -0.4 is 5.32 Å². The zero-order valence-corrected chi connectivity index (χ0v) is 14.2. The number of rotatable bonds is 7. The van der Waals surface area contributed by atoms with E-state index in [1.165, 1.54) is 6.26 Å². The molecule has 2 heterocycles. The minimum absolute atomic E-state index is 0.0518. The number of aromatic nitrogens is 2. The molecule has 6 nitrogen and oxygen atoms in total. The molecule has 0 aliphatic carbocycles. The minimum Gasteiger partial charge on any atom is -0.466 e. The Labute approximate surface area is 136 Å². The van der Waals surface area contributed by atoms with Gasteiger partial charge in [0.05, 0.1) is 18.8 Å². The van der Waals surface area contributed by atoms with E-state index in [0.717, 1.165) is 18.5 Å². The van der Waals surface area contributed by atoms with E-state index in [-0.39, 0.29) is 12.5 Å². The number of carbonyl (C=O) groups excluding carboxylic acids is 1. The second-order valence-electron chi connectivity index (χ2n) is 6.02. The second-order valence-corrected chi connectivity index (χ2v) is 6.02. The molecule has 23 heavy (non-hydrogen) atoms. The largest absolute Gasteiger partial charge is 0.466 e. The van der Waals surface area contributed by atoms with Crippen LogP contribution in [0, 0.1) is 6.92 Å². The smallest absolute Gasteiger partial charge is 0.271 e. The van der Waals surface area contributed by atoms with Gasteiger partial charge in [0.2, 0.25) is 0 Å². The van der Waals surface area contributed by atoms with Crippen molar-refractivity contribution in [2.75, 3.05) is 6.54 Å². The third-order valence-corrected chi connectivity index (χ3v) is 4.09. The zero-order chi connectivity index (χ0) is 17.0. The Morgan fingerprint density at radius 1 is 1.48 bits per heavy atom. The minimum atomic E-state index is -1.26. The van der Waals surface area contributed by atoms with Crippen LogP contribution in [0.2, 0.25) is 0 Å². The molecule has 0 fully saturated rings. The van der Waals surface area contributed by atoms with Crippen LogP contribution in [-0.4, -0.2) is 27.3 Å². The molecule has 2 aromatic heterocycles. The normalized spacial score (nSPS) is 14.0. The van der Waals surface area contributed by atoms with Crippen molar-refractivity contribution in [1.82, 2.24) is 15.1 Å². The summed E-state index contributed by atoms with van der Waals surface area (Å²) >= 11 is 0. The van der Waals surface area contributed by atoms with Gasteiger partial charge in [0.25, 0.3) is 5.91 Å². The van der Waals surface area contributed by atoms with Crippen LogP contribution >= 0.6 is 0 Å². The predicted molar refractivity (Wildman–Crippen MR) is 87.2 cm³/mol. The lowest BCUT2D eigenvalue weighted by Gasteiger charge is -2.20. The third kappa shape index (κ3) is 3.82. The molecule has 0 bridgehead atoms. The monoisotopic (exact) mass is 319 g/mol. The highest BCUT2D eigenvalue weighted by molar-refractivity contribution is 5.92. The average molecular weight is 319 g/mol. The number of aryl methyl sites for hydroxylation is 1. The van der Waals surface area contributed by atoms with Gasteiger partial charge in [-0.1, -0.05) is 13.8 Å². The van der Waals surface area contributed by atoms with Crippen molar-refractivity contribution in [3.05, 3.63) is 41.6 Å². The van der Waals surface area contributed by atoms with Crippen LogP contribution in [0.25, 0.3) is 0 Å². The topological polar surface area (TPSA) is 80.3 Å². The first-order valence-electron chi connectivity index (χ1n) is 7.99. The van der Waals surface area contributed by atoms with Gasteiger partial charge in [-0.15, -0.1) is 0 Å². The standard InChI is InChI=1S/C17H25N3O3/c1-5-13(6-2)20-12(3)10-14(19-20)16(21)18-11-17(4,22)15-8-7-9-23-15/h7-10,13,22H,5-6,11H2,1-4H3,(H,18,21). The van der Waals surface area contributed by atoms with Crippen molar-refractivity contribution >= 4 is 5.91 Å². The fraction of sp³-hybridized carbons (Fsp3) is 0.529. The summed E-state index contributed by atoms with van der Waals surface area (Å²) in [6, 6.07) is 5.45. The maximum atomic E-state index is 12.3.